The average Bonchev–Trinajstić information content (AvgIpc) is 2.77. The first kappa shape index (κ1) is 11.7. The van der Waals surface area contributed by atoms with Crippen molar-refractivity contribution in [3.8, 4) is 0 Å². The van der Waals surface area contributed by atoms with Gasteiger partial charge in [0, 0.05) is 11.9 Å². The molecule has 0 saturated heterocycles. The molecule has 0 aliphatic carbocycles. The lowest BCUT2D eigenvalue weighted by Crippen LogP contribution is -2.35. The molecule has 1 aromatic rings. The van der Waals surface area contributed by atoms with Gasteiger partial charge in [-0.1, -0.05) is 0 Å². The van der Waals surface area contributed by atoms with Gasteiger partial charge >= 0.3 is 5.97 Å². The summed E-state index contributed by atoms with van der Waals surface area (Å²) in [5.41, 5.74) is 0.616. The summed E-state index contributed by atoms with van der Waals surface area (Å²) in [5, 5.41) is 3.60. The van der Waals surface area contributed by atoms with E-state index in [1.807, 2.05) is 12.3 Å². The van der Waals surface area contributed by atoms with Crippen LogP contribution in [0.3, 0.4) is 0 Å². The predicted octanol–water partition coefficient (Wildman–Crippen LogP) is 1.38. The van der Waals surface area contributed by atoms with Crippen molar-refractivity contribution in [2.75, 3.05) is 20.2 Å². The van der Waals surface area contributed by atoms with E-state index in [1.54, 1.807) is 11.4 Å². The van der Waals surface area contributed by atoms with Gasteiger partial charge in [-0.2, -0.15) is 11.3 Å². The highest BCUT2D eigenvalue weighted by atomic mass is 32.1. The van der Waals surface area contributed by atoms with Crippen molar-refractivity contribution in [3.05, 3.63) is 22.4 Å². The van der Waals surface area contributed by atoms with Gasteiger partial charge in [-0.3, -0.25) is 9.59 Å². The molecule has 5 heteroatoms. The van der Waals surface area contributed by atoms with Crippen molar-refractivity contribution < 1.29 is 14.3 Å². The molecule has 15 heavy (non-hydrogen) atoms. The first-order chi connectivity index (χ1) is 7.19. The first-order valence-electron chi connectivity index (χ1n) is 4.57. The van der Waals surface area contributed by atoms with Crippen LogP contribution in [0.15, 0.2) is 16.8 Å². The quantitative estimate of drug-likeness (QED) is 0.730. The van der Waals surface area contributed by atoms with Crippen LogP contribution in [0.2, 0.25) is 0 Å². The third-order valence-corrected chi connectivity index (χ3v) is 2.67. The van der Waals surface area contributed by atoms with Crippen molar-refractivity contribution in [1.29, 1.82) is 0 Å². The zero-order chi connectivity index (χ0) is 11.3. The molecule has 0 radical (unpaired) electrons. The Kier molecular flexibility index (Phi) is 4.30. The number of thiophene rings is 1. The smallest absolute Gasteiger partial charge is 0.325 e. The monoisotopic (exact) mass is 227 g/mol. The zero-order valence-corrected chi connectivity index (χ0v) is 9.54. The number of carbonyl (C=O) groups is 2. The lowest BCUT2D eigenvalue weighted by atomic mass is 10.3. The van der Waals surface area contributed by atoms with Gasteiger partial charge in [-0.25, -0.2) is 0 Å². The maximum absolute atomic E-state index is 11.8. The van der Waals surface area contributed by atoms with Crippen LogP contribution in [0.25, 0.3) is 0 Å². The molecule has 0 N–H and O–H groups in total. The normalized spacial score (nSPS) is 9.73. The second-order valence-corrected chi connectivity index (χ2v) is 3.69. The predicted molar refractivity (Wildman–Crippen MR) is 57.9 cm³/mol. The molecule has 1 heterocycles. The number of esters is 1. The number of hydrogen-bond donors (Lipinski definition) is 0. The van der Waals surface area contributed by atoms with Crippen LogP contribution in [0, 0.1) is 0 Å². The summed E-state index contributed by atoms with van der Waals surface area (Å²) in [6.45, 7) is 2.32. The van der Waals surface area contributed by atoms with Crippen molar-refractivity contribution in [2.45, 2.75) is 6.92 Å². The molecule has 0 atom stereocenters. The molecule has 1 rings (SSSR count). The second kappa shape index (κ2) is 5.50. The number of methoxy groups -OCH3 is 1. The van der Waals surface area contributed by atoms with Gasteiger partial charge in [0.05, 0.1) is 12.7 Å². The molecule has 0 aliphatic rings. The van der Waals surface area contributed by atoms with Gasteiger partial charge in [0.1, 0.15) is 6.54 Å². The molecule has 0 spiro atoms. The number of likely N-dealkylation sites (N-methyl/N-ethyl adjacent to an activating group) is 1. The largest absolute Gasteiger partial charge is 0.468 e. The summed E-state index contributed by atoms with van der Waals surface area (Å²) in [6.07, 6.45) is 0. The molecule has 4 nitrogen and oxygen atoms in total. The van der Waals surface area contributed by atoms with Crippen LogP contribution in [0.4, 0.5) is 0 Å². The third kappa shape index (κ3) is 3.06. The Labute approximate surface area is 92.5 Å². The van der Waals surface area contributed by atoms with Gasteiger partial charge in [-0.15, -0.1) is 0 Å². The van der Waals surface area contributed by atoms with E-state index in [9.17, 15) is 9.59 Å². The molecule has 0 unspecified atom stereocenters. The molecule has 0 bridgehead atoms. The molecule has 1 amide bonds. The Balaban J connectivity index is 2.67. The molecule has 1 aromatic heterocycles. The van der Waals surface area contributed by atoms with E-state index in [2.05, 4.69) is 4.74 Å². The van der Waals surface area contributed by atoms with Gasteiger partial charge in [0.2, 0.25) is 0 Å². The molecule has 0 fully saturated rings. The standard InChI is InChI=1S/C10H13NO3S/c1-3-11(6-9(12)14-2)10(13)8-4-5-15-7-8/h4-5,7H,3,6H2,1-2H3. The highest BCUT2D eigenvalue weighted by Crippen LogP contribution is 2.09. The molecule has 82 valence electrons. The van der Waals surface area contributed by atoms with Crippen molar-refractivity contribution in [2.24, 2.45) is 0 Å². The fourth-order valence-corrected chi connectivity index (χ4v) is 1.75. The fourth-order valence-electron chi connectivity index (χ4n) is 1.12. The van der Waals surface area contributed by atoms with E-state index >= 15 is 0 Å². The summed E-state index contributed by atoms with van der Waals surface area (Å²) in [5.74, 6) is -0.537. The van der Waals surface area contributed by atoms with E-state index in [-0.39, 0.29) is 12.5 Å². The SMILES string of the molecule is CCN(CC(=O)OC)C(=O)c1ccsc1. The Morgan fingerprint density at radius 3 is 2.73 bits per heavy atom. The van der Waals surface area contributed by atoms with Crippen LogP contribution >= 0.6 is 11.3 Å². The highest BCUT2D eigenvalue weighted by Gasteiger charge is 2.17. The van der Waals surface area contributed by atoms with Gasteiger partial charge in [0.15, 0.2) is 0 Å². The second-order valence-electron chi connectivity index (χ2n) is 2.91. The number of nitrogens with zero attached hydrogens (tertiary/aromatic N) is 1. The van der Waals surface area contributed by atoms with Crippen LogP contribution in [-0.4, -0.2) is 37.0 Å². The van der Waals surface area contributed by atoms with Crippen molar-refractivity contribution in [3.63, 3.8) is 0 Å². The van der Waals surface area contributed by atoms with Crippen LogP contribution in [0.1, 0.15) is 17.3 Å². The summed E-state index contributed by atoms with van der Waals surface area (Å²) in [7, 11) is 1.31. The van der Waals surface area contributed by atoms with Crippen LogP contribution in [-0.2, 0) is 9.53 Å². The number of carbonyl (C=O) groups excluding carboxylic acids is 2. The Hall–Kier alpha value is -1.36. The summed E-state index contributed by atoms with van der Waals surface area (Å²) in [4.78, 5) is 24.3. The Morgan fingerprint density at radius 1 is 1.53 bits per heavy atom. The zero-order valence-electron chi connectivity index (χ0n) is 8.73. The summed E-state index contributed by atoms with van der Waals surface area (Å²) >= 11 is 1.46. The summed E-state index contributed by atoms with van der Waals surface area (Å²) < 4.78 is 4.52. The molecule has 0 aromatic carbocycles. The molecular formula is C10H13NO3S. The van der Waals surface area contributed by atoms with Gasteiger partial charge < -0.3 is 9.64 Å². The Bertz CT molecular complexity index is 334. The van der Waals surface area contributed by atoms with E-state index in [0.717, 1.165) is 0 Å². The molecular weight excluding hydrogens is 214 g/mol. The number of ether oxygens (including phenoxy) is 1. The molecule has 0 saturated carbocycles. The van der Waals surface area contributed by atoms with Crippen molar-refractivity contribution >= 4 is 23.2 Å². The summed E-state index contributed by atoms with van der Waals surface area (Å²) in [6, 6.07) is 1.74. The highest BCUT2D eigenvalue weighted by molar-refractivity contribution is 7.08. The van der Waals surface area contributed by atoms with E-state index in [1.165, 1.54) is 23.3 Å². The van der Waals surface area contributed by atoms with E-state index < -0.39 is 5.97 Å². The Morgan fingerprint density at radius 2 is 2.27 bits per heavy atom. The minimum Gasteiger partial charge on any atom is -0.468 e. The first-order valence-corrected chi connectivity index (χ1v) is 5.51. The van der Waals surface area contributed by atoms with Gasteiger partial charge in [-0.05, 0) is 18.4 Å². The third-order valence-electron chi connectivity index (χ3n) is 1.98. The fraction of sp³-hybridized carbons (Fsp3) is 0.400. The maximum Gasteiger partial charge on any atom is 0.325 e. The molecule has 0 aliphatic heterocycles. The van der Waals surface area contributed by atoms with Crippen LogP contribution in [0.5, 0.6) is 0 Å². The lowest BCUT2D eigenvalue weighted by Gasteiger charge is -2.18. The van der Waals surface area contributed by atoms with E-state index in [4.69, 9.17) is 0 Å². The van der Waals surface area contributed by atoms with Gasteiger partial charge in [0.25, 0.3) is 5.91 Å². The van der Waals surface area contributed by atoms with Crippen LogP contribution < -0.4 is 0 Å². The number of rotatable bonds is 4. The maximum atomic E-state index is 11.8. The van der Waals surface area contributed by atoms with Crippen molar-refractivity contribution in [1.82, 2.24) is 4.90 Å². The number of hydrogen-bond acceptors (Lipinski definition) is 4. The van der Waals surface area contributed by atoms with E-state index in [0.29, 0.717) is 12.1 Å². The number of amides is 1. The minimum absolute atomic E-state index is 0.00167. The lowest BCUT2D eigenvalue weighted by molar-refractivity contribution is -0.141. The minimum atomic E-state index is -0.402. The average molecular weight is 227 g/mol. The topological polar surface area (TPSA) is 46.6 Å².